The van der Waals surface area contributed by atoms with Gasteiger partial charge in [0.1, 0.15) is 5.00 Å². The number of nitrogens with one attached hydrogen (secondary N) is 1. The largest absolute Gasteiger partial charge is 0.461 e. The normalized spacial score (nSPS) is 11.4. The number of rotatable bonds is 6. The van der Waals surface area contributed by atoms with Crippen molar-refractivity contribution < 1.29 is 22.7 Å². The van der Waals surface area contributed by atoms with E-state index in [4.69, 9.17) is 9.88 Å². The van der Waals surface area contributed by atoms with E-state index in [0.717, 1.165) is 27.1 Å². The molecule has 0 unspecified atom stereocenters. The van der Waals surface area contributed by atoms with Gasteiger partial charge < -0.3 is 10.1 Å². The molecule has 0 atom stereocenters. The molecule has 0 saturated heterocycles. The SMILES string of the molecule is CCOC(=O)c1nn(-c2ccc(C)c(C)c2)c(=O)c2c(NC(=O)c3ccc(S(N)(=O)=O)cc3)scc12. The maximum atomic E-state index is 13.5. The molecule has 4 aromatic rings. The number of carbonyl (C=O) groups is 2. The number of aromatic nitrogens is 2. The molecule has 4 rings (SSSR count). The molecule has 2 aromatic carbocycles. The fourth-order valence-corrected chi connectivity index (χ4v) is 4.94. The first kappa shape index (κ1) is 25.2. The van der Waals surface area contributed by atoms with E-state index < -0.39 is 27.5 Å². The van der Waals surface area contributed by atoms with Crippen molar-refractivity contribution in [1.29, 1.82) is 0 Å². The molecule has 2 aromatic heterocycles. The van der Waals surface area contributed by atoms with Gasteiger partial charge in [0.05, 0.1) is 22.6 Å². The van der Waals surface area contributed by atoms with Crippen LogP contribution >= 0.6 is 11.3 Å². The van der Waals surface area contributed by atoms with Gasteiger partial charge in [0, 0.05) is 16.3 Å². The van der Waals surface area contributed by atoms with E-state index in [1.54, 1.807) is 24.4 Å². The summed E-state index contributed by atoms with van der Waals surface area (Å²) >= 11 is 1.06. The quantitative estimate of drug-likeness (QED) is 0.366. The van der Waals surface area contributed by atoms with E-state index in [9.17, 15) is 22.8 Å². The first-order valence-electron chi connectivity index (χ1n) is 10.7. The number of ether oxygens (including phenoxy) is 1. The Kier molecular flexibility index (Phi) is 6.76. The smallest absolute Gasteiger partial charge is 0.359 e. The van der Waals surface area contributed by atoms with Gasteiger partial charge in [-0.05, 0) is 68.3 Å². The highest BCUT2D eigenvalue weighted by Gasteiger charge is 2.23. The highest BCUT2D eigenvalue weighted by molar-refractivity contribution is 7.89. The number of nitrogens with two attached hydrogens (primary N) is 1. The van der Waals surface area contributed by atoms with Crippen LogP contribution in [0.1, 0.15) is 38.9 Å². The average molecular weight is 527 g/mol. The predicted octanol–water partition coefficient (Wildman–Crippen LogP) is 3.14. The molecular weight excluding hydrogens is 504 g/mol. The number of nitrogens with zero attached hydrogens (tertiary/aromatic N) is 2. The summed E-state index contributed by atoms with van der Waals surface area (Å²) in [5.74, 6) is -1.28. The molecule has 36 heavy (non-hydrogen) atoms. The van der Waals surface area contributed by atoms with Crippen LogP contribution in [0.5, 0.6) is 0 Å². The van der Waals surface area contributed by atoms with Gasteiger partial charge in [-0.1, -0.05) is 6.07 Å². The fourth-order valence-electron chi connectivity index (χ4n) is 3.50. The van der Waals surface area contributed by atoms with Gasteiger partial charge in [0.15, 0.2) is 5.69 Å². The second-order valence-corrected chi connectivity index (χ2v) is 10.4. The maximum Gasteiger partial charge on any atom is 0.359 e. The Labute approximate surface area is 210 Å². The van der Waals surface area contributed by atoms with Crippen molar-refractivity contribution in [2.45, 2.75) is 25.7 Å². The van der Waals surface area contributed by atoms with E-state index in [2.05, 4.69) is 10.4 Å². The van der Waals surface area contributed by atoms with Gasteiger partial charge in [-0.2, -0.15) is 9.78 Å². The van der Waals surface area contributed by atoms with Crippen molar-refractivity contribution in [3.05, 3.63) is 80.6 Å². The topological polar surface area (TPSA) is 150 Å². The minimum absolute atomic E-state index is 0.0565. The van der Waals surface area contributed by atoms with Crippen molar-refractivity contribution in [3.63, 3.8) is 0 Å². The second-order valence-electron chi connectivity index (χ2n) is 7.93. The van der Waals surface area contributed by atoms with Gasteiger partial charge in [-0.3, -0.25) is 9.59 Å². The number of thiophene rings is 1. The number of anilines is 1. The molecule has 3 N–H and O–H groups in total. The van der Waals surface area contributed by atoms with Crippen LogP contribution in [0.25, 0.3) is 16.5 Å². The summed E-state index contributed by atoms with van der Waals surface area (Å²) in [6, 6.07) is 10.4. The third-order valence-electron chi connectivity index (χ3n) is 5.53. The Hall–Kier alpha value is -3.87. The molecular formula is C24H22N4O6S2. The number of primary sulfonamides is 1. The lowest BCUT2D eigenvalue weighted by Gasteiger charge is -2.11. The number of hydrogen-bond donors (Lipinski definition) is 2. The van der Waals surface area contributed by atoms with Crippen LogP contribution in [0.2, 0.25) is 0 Å². The molecule has 0 radical (unpaired) electrons. The maximum absolute atomic E-state index is 13.5. The van der Waals surface area contributed by atoms with Crippen LogP contribution < -0.4 is 16.0 Å². The highest BCUT2D eigenvalue weighted by Crippen LogP contribution is 2.31. The zero-order chi connectivity index (χ0) is 26.2. The Morgan fingerprint density at radius 3 is 2.42 bits per heavy atom. The molecule has 0 aliphatic rings. The molecule has 12 heteroatoms. The molecule has 10 nitrogen and oxygen atoms in total. The zero-order valence-corrected chi connectivity index (χ0v) is 21.2. The number of amides is 1. The third-order valence-corrected chi connectivity index (χ3v) is 7.35. The lowest BCUT2D eigenvalue weighted by atomic mass is 10.1. The van der Waals surface area contributed by atoms with Gasteiger partial charge in [-0.15, -0.1) is 11.3 Å². The molecule has 1 amide bonds. The molecule has 0 aliphatic carbocycles. The number of carbonyl (C=O) groups excluding carboxylic acids is 2. The number of benzene rings is 2. The number of esters is 1. The minimum atomic E-state index is -3.91. The Bertz CT molecular complexity index is 1670. The molecule has 0 fully saturated rings. The summed E-state index contributed by atoms with van der Waals surface area (Å²) in [4.78, 5) is 39.0. The van der Waals surface area contributed by atoms with Crippen LogP contribution in [0.15, 0.2) is 57.5 Å². The predicted molar refractivity (Wildman–Crippen MR) is 136 cm³/mol. The highest BCUT2D eigenvalue weighted by atomic mass is 32.2. The summed E-state index contributed by atoms with van der Waals surface area (Å²) in [5.41, 5.74) is 1.98. The van der Waals surface area contributed by atoms with Gasteiger partial charge in [-0.25, -0.2) is 18.4 Å². The Balaban J connectivity index is 1.83. The van der Waals surface area contributed by atoms with E-state index in [-0.39, 0.29) is 38.5 Å². The standard InChI is InChI=1S/C24H22N4O6S2/c1-4-34-24(31)20-18-12-35-22(26-21(29)15-6-9-17(10-7-15)36(25,32)33)19(18)23(30)28(27-20)16-8-5-13(2)14(3)11-16/h5-12H,4H2,1-3H3,(H,26,29)(H2,25,32,33). The van der Waals surface area contributed by atoms with Gasteiger partial charge in [0.2, 0.25) is 10.0 Å². The Morgan fingerprint density at radius 2 is 1.81 bits per heavy atom. The number of aryl methyl sites for hydroxylation is 2. The van der Waals surface area contributed by atoms with Gasteiger partial charge >= 0.3 is 5.97 Å². The fraction of sp³-hybridized carbons (Fsp3) is 0.167. The molecule has 0 aliphatic heterocycles. The van der Waals surface area contributed by atoms with Crippen LogP contribution in [0.4, 0.5) is 5.00 Å². The van der Waals surface area contributed by atoms with E-state index in [1.807, 2.05) is 19.9 Å². The molecule has 186 valence electrons. The average Bonchev–Trinajstić information content (AvgIpc) is 3.25. The minimum Gasteiger partial charge on any atom is -0.461 e. The monoisotopic (exact) mass is 526 g/mol. The summed E-state index contributed by atoms with van der Waals surface area (Å²) in [6.45, 7) is 5.61. The lowest BCUT2D eigenvalue weighted by Crippen LogP contribution is -2.25. The number of sulfonamides is 1. The Morgan fingerprint density at radius 1 is 1.11 bits per heavy atom. The first-order chi connectivity index (χ1) is 17.0. The van der Waals surface area contributed by atoms with Crippen molar-refractivity contribution in [1.82, 2.24) is 9.78 Å². The molecule has 0 bridgehead atoms. The molecule has 2 heterocycles. The van der Waals surface area contributed by atoms with Crippen molar-refractivity contribution in [2.24, 2.45) is 5.14 Å². The van der Waals surface area contributed by atoms with E-state index in [0.29, 0.717) is 5.69 Å². The second kappa shape index (κ2) is 9.64. The van der Waals surface area contributed by atoms with Crippen molar-refractivity contribution in [2.75, 3.05) is 11.9 Å². The van der Waals surface area contributed by atoms with Gasteiger partial charge in [0.25, 0.3) is 11.5 Å². The van der Waals surface area contributed by atoms with Crippen molar-refractivity contribution in [3.8, 4) is 5.69 Å². The first-order valence-corrected chi connectivity index (χ1v) is 13.2. The number of fused-ring (bicyclic) bond motifs is 1. The van der Waals surface area contributed by atoms with Crippen molar-refractivity contribution >= 4 is 49.0 Å². The third kappa shape index (κ3) is 4.78. The zero-order valence-electron chi connectivity index (χ0n) is 19.6. The summed E-state index contributed by atoms with van der Waals surface area (Å²) < 4.78 is 29.2. The van der Waals surface area contributed by atoms with Crippen LogP contribution in [0, 0.1) is 13.8 Å². The number of hydrogen-bond acceptors (Lipinski definition) is 8. The van der Waals surface area contributed by atoms with Crippen LogP contribution in [-0.2, 0) is 14.8 Å². The molecule has 0 spiro atoms. The van der Waals surface area contributed by atoms with Crippen LogP contribution in [-0.4, -0.2) is 36.7 Å². The van der Waals surface area contributed by atoms with Crippen LogP contribution in [0.3, 0.4) is 0 Å². The molecule has 0 saturated carbocycles. The summed E-state index contributed by atoms with van der Waals surface area (Å²) in [6.07, 6.45) is 0. The van der Waals surface area contributed by atoms with E-state index >= 15 is 0 Å². The summed E-state index contributed by atoms with van der Waals surface area (Å²) in [5, 5.41) is 14.2. The lowest BCUT2D eigenvalue weighted by molar-refractivity contribution is 0.0520. The van der Waals surface area contributed by atoms with E-state index in [1.165, 1.54) is 24.3 Å². The summed E-state index contributed by atoms with van der Waals surface area (Å²) in [7, 11) is -3.91.